The molecule has 0 unspecified atom stereocenters. The molecule has 7 heterocycles. The van der Waals surface area contributed by atoms with Crippen LogP contribution in [0.25, 0.3) is 90.9 Å². The first-order chi connectivity index (χ1) is 34.2. The molecule has 0 saturated heterocycles. The van der Waals surface area contributed by atoms with E-state index in [4.69, 9.17) is 28.9 Å². The molecule has 366 valence electrons. The Morgan fingerprint density at radius 3 is 0.917 bits per heavy atom. The second-order valence-corrected chi connectivity index (χ2v) is 23.7. The van der Waals surface area contributed by atoms with E-state index in [9.17, 15) is 0 Å². The lowest BCUT2D eigenvalue weighted by atomic mass is 9.85. The molecule has 3 aromatic heterocycles. The maximum atomic E-state index is 6.89. The number of nitrogens with zero attached hydrogens (tertiary/aromatic N) is 2. The fraction of sp³-hybridized carbons (Fsp3) is 0.312. The Morgan fingerprint density at radius 1 is 0.319 bits per heavy atom. The Kier molecular flexibility index (Phi) is 11.2. The fourth-order valence-electron chi connectivity index (χ4n) is 10.2. The normalized spacial score (nSPS) is 14.5. The van der Waals surface area contributed by atoms with E-state index < -0.39 is 0 Å². The van der Waals surface area contributed by atoms with Crippen LogP contribution in [0.15, 0.2) is 97.1 Å². The number of aromatic nitrogens is 4. The van der Waals surface area contributed by atoms with Crippen molar-refractivity contribution in [2.75, 3.05) is 26.4 Å². The van der Waals surface area contributed by atoms with E-state index in [2.05, 4.69) is 214 Å². The first-order valence-corrected chi connectivity index (χ1v) is 25.5. The molecule has 7 aromatic rings. The van der Waals surface area contributed by atoms with Crippen molar-refractivity contribution in [3.05, 3.63) is 142 Å². The minimum atomic E-state index is -0.141. The molecular weight excluding hydrogens is 889 g/mol. The summed E-state index contributed by atoms with van der Waals surface area (Å²) in [7, 11) is 0. The van der Waals surface area contributed by atoms with Crippen molar-refractivity contribution in [1.82, 2.24) is 19.9 Å². The minimum absolute atomic E-state index is 0.121. The van der Waals surface area contributed by atoms with Gasteiger partial charge >= 0.3 is 0 Å². The Hall–Kier alpha value is -7.32. The number of ether oxygens (including phenoxy) is 4. The SMILES string of the molecule is CC(C)(C)c1ccc2c(c1)OCCOc1cc(C(C)(C)C)ccc1-c1c3nc(c-2c2ccc([nH]2)c2c4nc(c(c5ccc1[nH]5)-c1cc(C(C)(C)C)ccc1OCCOc1ccc(C(C)(C)C)cc1-2)C=C4)C=C3. The molecule has 4 aliphatic heterocycles. The summed E-state index contributed by atoms with van der Waals surface area (Å²) < 4.78 is 27.4. The van der Waals surface area contributed by atoms with E-state index >= 15 is 0 Å². The first kappa shape index (κ1) is 47.0. The minimum Gasteiger partial charge on any atom is -0.489 e. The van der Waals surface area contributed by atoms with Crippen molar-refractivity contribution in [3.63, 3.8) is 0 Å². The number of rotatable bonds is 0. The molecule has 0 fully saturated rings. The van der Waals surface area contributed by atoms with E-state index in [0.29, 0.717) is 26.4 Å². The van der Waals surface area contributed by atoms with Gasteiger partial charge in [-0.05, 0) is 129 Å². The van der Waals surface area contributed by atoms with Gasteiger partial charge in [-0.2, -0.15) is 0 Å². The number of nitrogens with one attached hydrogen (secondary N) is 2. The second kappa shape index (κ2) is 17.2. The van der Waals surface area contributed by atoms with Crippen LogP contribution in [-0.4, -0.2) is 46.4 Å². The third-order valence-electron chi connectivity index (χ3n) is 14.4. The van der Waals surface area contributed by atoms with Gasteiger partial charge in [0.2, 0.25) is 0 Å². The van der Waals surface area contributed by atoms with Crippen molar-refractivity contribution in [1.29, 1.82) is 0 Å². The molecule has 12 bridgehead atoms. The van der Waals surface area contributed by atoms with Crippen molar-refractivity contribution >= 4 is 46.4 Å². The van der Waals surface area contributed by atoms with Gasteiger partial charge in [-0.3, -0.25) is 0 Å². The molecule has 0 saturated carbocycles. The number of hydrogen-bond acceptors (Lipinski definition) is 6. The van der Waals surface area contributed by atoms with Crippen LogP contribution in [0.2, 0.25) is 0 Å². The Balaban J connectivity index is 1.36. The van der Waals surface area contributed by atoms with E-state index in [1.165, 1.54) is 22.3 Å². The Labute approximate surface area is 424 Å². The lowest BCUT2D eigenvalue weighted by molar-refractivity contribution is 0.218. The summed E-state index contributed by atoms with van der Waals surface area (Å²) in [5, 5.41) is 0. The molecule has 8 heteroatoms. The molecule has 72 heavy (non-hydrogen) atoms. The fourth-order valence-corrected chi connectivity index (χ4v) is 10.2. The van der Waals surface area contributed by atoms with Crippen LogP contribution in [0, 0.1) is 0 Å². The Bertz CT molecular complexity index is 3350. The van der Waals surface area contributed by atoms with Crippen LogP contribution in [0.4, 0.5) is 0 Å². The zero-order valence-corrected chi connectivity index (χ0v) is 43.9. The summed E-state index contributed by atoms with van der Waals surface area (Å²) in [6.45, 7) is 28.2. The first-order valence-electron chi connectivity index (χ1n) is 25.5. The number of aromatic amines is 2. The van der Waals surface area contributed by atoms with Gasteiger partial charge in [0, 0.05) is 66.6 Å². The van der Waals surface area contributed by atoms with Gasteiger partial charge in [0.05, 0.1) is 22.8 Å². The summed E-state index contributed by atoms with van der Waals surface area (Å²) in [6, 6.07) is 35.1. The van der Waals surface area contributed by atoms with E-state index in [-0.39, 0.29) is 21.7 Å². The largest absolute Gasteiger partial charge is 0.489 e. The summed E-state index contributed by atoms with van der Waals surface area (Å²) in [5.41, 5.74) is 18.4. The van der Waals surface area contributed by atoms with Crippen molar-refractivity contribution in [3.8, 4) is 67.5 Å². The summed E-state index contributed by atoms with van der Waals surface area (Å²) in [6.07, 6.45) is 8.58. The molecular formula is C64H66N4O4. The maximum absolute atomic E-state index is 6.89. The third kappa shape index (κ3) is 8.58. The van der Waals surface area contributed by atoms with Gasteiger partial charge < -0.3 is 28.9 Å². The summed E-state index contributed by atoms with van der Waals surface area (Å²) in [4.78, 5) is 19.3. The summed E-state index contributed by atoms with van der Waals surface area (Å²) >= 11 is 0. The van der Waals surface area contributed by atoms with Crippen molar-refractivity contribution in [2.45, 2.75) is 105 Å². The average molecular weight is 955 g/mol. The molecule has 11 rings (SSSR count). The zero-order valence-electron chi connectivity index (χ0n) is 43.9. The molecule has 0 amide bonds. The maximum Gasteiger partial charge on any atom is 0.127 e. The van der Waals surface area contributed by atoms with Gasteiger partial charge in [0.15, 0.2) is 0 Å². The molecule has 4 aliphatic rings. The zero-order chi connectivity index (χ0) is 50.5. The molecule has 0 radical (unpaired) electrons. The monoisotopic (exact) mass is 955 g/mol. The highest BCUT2D eigenvalue weighted by atomic mass is 16.5. The molecule has 0 spiro atoms. The highest BCUT2D eigenvalue weighted by Gasteiger charge is 2.28. The smallest absolute Gasteiger partial charge is 0.127 e. The van der Waals surface area contributed by atoms with E-state index in [1.807, 2.05) is 0 Å². The predicted molar refractivity (Wildman–Crippen MR) is 297 cm³/mol. The van der Waals surface area contributed by atoms with Gasteiger partial charge in [0.1, 0.15) is 49.4 Å². The van der Waals surface area contributed by atoms with Crippen LogP contribution in [0.3, 0.4) is 0 Å². The number of hydrogen-bond donors (Lipinski definition) is 2. The summed E-state index contributed by atoms with van der Waals surface area (Å²) in [5.74, 6) is 3.04. The number of fused-ring (bicyclic) bond motifs is 16. The van der Waals surface area contributed by atoms with E-state index in [0.717, 1.165) is 112 Å². The van der Waals surface area contributed by atoms with Gasteiger partial charge in [-0.1, -0.05) is 119 Å². The Morgan fingerprint density at radius 2 is 0.597 bits per heavy atom. The van der Waals surface area contributed by atoms with E-state index in [1.54, 1.807) is 0 Å². The average Bonchev–Trinajstić information content (AvgIpc) is 4.17. The second-order valence-electron chi connectivity index (χ2n) is 23.7. The highest BCUT2D eigenvalue weighted by Crippen LogP contribution is 2.47. The lowest BCUT2D eigenvalue weighted by Crippen LogP contribution is -2.14. The van der Waals surface area contributed by atoms with Crippen LogP contribution in [0.5, 0.6) is 23.0 Å². The van der Waals surface area contributed by atoms with Crippen LogP contribution < -0.4 is 18.9 Å². The molecule has 0 atom stereocenters. The standard InChI is InChI=1S/C64H66N4O4/c1-61(2,3)37-15-27-53-43(33-37)59-49-23-21-47(66-49)57-41-17-13-39(63(7,8)9)35-55(41)71-31-32-72-56-36-40(64(10,11)12)14-18-42(56)58(46-20-19-45(57)65-46)48-22-24-50(67-48)60(52-26-25-51(59)68-52)44-34-38(62(4,5)6)16-28-54(44)70-30-29-69-53/h13-28,33-36,66-67H,29-32H2,1-12H3. The molecule has 0 aliphatic carbocycles. The lowest BCUT2D eigenvalue weighted by Gasteiger charge is -2.23. The third-order valence-corrected chi connectivity index (χ3v) is 14.4. The predicted octanol–water partition coefficient (Wildman–Crippen LogP) is 16.1. The molecule has 2 N–H and O–H groups in total. The quantitative estimate of drug-likeness (QED) is 0.157. The molecule has 8 nitrogen and oxygen atoms in total. The number of H-pyrrole nitrogens is 2. The van der Waals surface area contributed by atoms with Crippen molar-refractivity contribution in [2.24, 2.45) is 0 Å². The van der Waals surface area contributed by atoms with Gasteiger partial charge in [-0.15, -0.1) is 0 Å². The van der Waals surface area contributed by atoms with Gasteiger partial charge in [-0.25, -0.2) is 9.97 Å². The highest BCUT2D eigenvalue weighted by molar-refractivity contribution is 6.02. The van der Waals surface area contributed by atoms with Crippen LogP contribution >= 0.6 is 0 Å². The molecule has 4 aromatic carbocycles. The number of benzene rings is 4. The van der Waals surface area contributed by atoms with Crippen molar-refractivity contribution < 1.29 is 18.9 Å². The van der Waals surface area contributed by atoms with Crippen LogP contribution in [-0.2, 0) is 21.7 Å². The van der Waals surface area contributed by atoms with Gasteiger partial charge in [0.25, 0.3) is 0 Å². The van der Waals surface area contributed by atoms with Crippen LogP contribution in [0.1, 0.15) is 128 Å². The topological polar surface area (TPSA) is 94.3 Å².